The smallest absolute Gasteiger partial charge is 0.326 e. The molecule has 0 heterocycles. The predicted molar refractivity (Wildman–Crippen MR) is 68.2 cm³/mol. The van der Waals surface area contributed by atoms with Gasteiger partial charge in [0.1, 0.15) is 5.54 Å². The molecule has 0 spiro atoms. The average molecular weight is 258 g/mol. The van der Waals surface area contributed by atoms with Gasteiger partial charge in [0.05, 0.1) is 6.61 Å². The first-order chi connectivity index (χ1) is 8.60. The van der Waals surface area contributed by atoms with Crippen LogP contribution in [0.25, 0.3) is 10.4 Å². The Morgan fingerprint density at radius 2 is 2.28 bits per heavy atom. The first-order valence-corrected chi connectivity index (χ1v) is 6.02. The highest BCUT2D eigenvalue weighted by molar-refractivity contribution is 5.80. The van der Waals surface area contributed by atoms with Gasteiger partial charge < -0.3 is 14.8 Å². The van der Waals surface area contributed by atoms with Crippen molar-refractivity contribution in [2.45, 2.75) is 32.2 Å². The van der Waals surface area contributed by atoms with E-state index in [1.807, 2.05) is 0 Å². The third kappa shape index (κ3) is 6.44. The van der Waals surface area contributed by atoms with E-state index in [4.69, 9.17) is 15.0 Å². The number of rotatable bonds is 10. The Morgan fingerprint density at radius 1 is 1.56 bits per heavy atom. The molecule has 104 valence electrons. The maximum atomic E-state index is 11.9. The van der Waals surface area contributed by atoms with E-state index in [0.29, 0.717) is 39.1 Å². The van der Waals surface area contributed by atoms with E-state index in [1.54, 1.807) is 21.0 Å². The van der Waals surface area contributed by atoms with Gasteiger partial charge in [-0.25, -0.2) is 0 Å². The van der Waals surface area contributed by atoms with Crippen molar-refractivity contribution in [3.8, 4) is 0 Å². The van der Waals surface area contributed by atoms with Gasteiger partial charge in [-0.15, -0.1) is 0 Å². The summed E-state index contributed by atoms with van der Waals surface area (Å²) in [4.78, 5) is 14.5. The SMILES string of the molecule is CCOC(=O)C(C)(CCOC)NCCCN=[N+]=[N-]. The zero-order valence-corrected chi connectivity index (χ0v) is 11.3. The van der Waals surface area contributed by atoms with E-state index in [-0.39, 0.29) is 5.97 Å². The Labute approximate surface area is 107 Å². The number of hydrogen-bond donors (Lipinski definition) is 1. The molecule has 0 saturated heterocycles. The normalized spacial score (nSPS) is 13.5. The second-order valence-electron chi connectivity index (χ2n) is 4.03. The van der Waals surface area contributed by atoms with E-state index in [2.05, 4.69) is 15.3 Å². The molecule has 1 atom stereocenters. The lowest BCUT2D eigenvalue weighted by molar-refractivity contribution is -0.151. The number of methoxy groups -OCH3 is 1. The number of azide groups is 1. The summed E-state index contributed by atoms with van der Waals surface area (Å²) in [7, 11) is 1.59. The lowest BCUT2D eigenvalue weighted by Crippen LogP contribution is -2.51. The van der Waals surface area contributed by atoms with Crippen LogP contribution in [0.4, 0.5) is 0 Å². The minimum atomic E-state index is -0.762. The Kier molecular flexibility index (Phi) is 9.00. The van der Waals surface area contributed by atoms with Gasteiger partial charge in [-0.05, 0) is 38.8 Å². The van der Waals surface area contributed by atoms with Gasteiger partial charge in [-0.3, -0.25) is 4.79 Å². The molecule has 1 unspecified atom stereocenters. The second kappa shape index (κ2) is 9.70. The zero-order chi connectivity index (χ0) is 13.9. The number of nitrogens with one attached hydrogen (secondary N) is 1. The Morgan fingerprint density at radius 3 is 2.83 bits per heavy atom. The molecular weight excluding hydrogens is 236 g/mol. The van der Waals surface area contributed by atoms with Gasteiger partial charge in [0.15, 0.2) is 0 Å². The number of nitrogens with zero attached hydrogens (tertiary/aromatic N) is 3. The van der Waals surface area contributed by atoms with Crippen molar-refractivity contribution in [2.24, 2.45) is 5.11 Å². The standard InChI is InChI=1S/C11H22N4O3/c1-4-18-10(16)11(2,6-9-17-3)13-7-5-8-14-15-12/h13H,4-9H2,1-3H3. The summed E-state index contributed by atoms with van der Waals surface area (Å²) >= 11 is 0. The molecule has 0 aliphatic rings. The van der Waals surface area contributed by atoms with Crippen LogP contribution >= 0.6 is 0 Å². The Bertz CT molecular complexity index is 292. The summed E-state index contributed by atoms with van der Waals surface area (Å²) < 4.78 is 10.0. The van der Waals surface area contributed by atoms with Crippen LogP contribution in [0.1, 0.15) is 26.7 Å². The number of esters is 1. The van der Waals surface area contributed by atoms with Gasteiger partial charge in [0.25, 0.3) is 0 Å². The average Bonchev–Trinajstić information content (AvgIpc) is 2.36. The van der Waals surface area contributed by atoms with Gasteiger partial charge in [-0.1, -0.05) is 5.11 Å². The highest BCUT2D eigenvalue weighted by atomic mass is 16.5. The second-order valence-corrected chi connectivity index (χ2v) is 4.03. The topological polar surface area (TPSA) is 96.3 Å². The number of carbonyl (C=O) groups is 1. The van der Waals surface area contributed by atoms with Crippen molar-refractivity contribution in [1.82, 2.24) is 5.32 Å². The van der Waals surface area contributed by atoms with E-state index in [1.165, 1.54) is 0 Å². The van der Waals surface area contributed by atoms with Crippen LogP contribution in [0, 0.1) is 0 Å². The molecule has 0 aromatic heterocycles. The van der Waals surface area contributed by atoms with Crippen molar-refractivity contribution in [3.63, 3.8) is 0 Å². The highest BCUT2D eigenvalue weighted by Gasteiger charge is 2.33. The van der Waals surface area contributed by atoms with Crippen LogP contribution < -0.4 is 5.32 Å². The molecule has 0 aliphatic heterocycles. The van der Waals surface area contributed by atoms with Crippen LogP contribution in [-0.2, 0) is 14.3 Å². The van der Waals surface area contributed by atoms with Gasteiger partial charge in [0, 0.05) is 25.2 Å². The molecule has 0 bridgehead atoms. The largest absolute Gasteiger partial charge is 0.465 e. The monoisotopic (exact) mass is 258 g/mol. The van der Waals surface area contributed by atoms with Crippen molar-refractivity contribution < 1.29 is 14.3 Å². The molecule has 0 amide bonds. The number of ether oxygens (including phenoxy) is 2. The third-order valence-electron chi connectivity index (χ3n) is 2.55. The molecule has 0 aromatic rings. The summed E-state index contributed by atoms with van der Waals surface area (Å²) in [5.41, 5.74) is 7.39. The molecule has 18 heavy (non-hydrogen) atoms. The van der Waals surface area contributed by atoms with Crippen LogP contribution in [0.3, 0.4) is 0 Å². The molecule has 0 rings (SSSR count). The summed E-state index contributed by atoms with van der Waals surface area (Å²) in [6.07, 6.45) is 1.20. The summed E-state index contributed by atoms with van der Waals surface area (Å²) in [5.74, 6) is -0.286. The fourth-order valence-electron chi connectivity index (χ4n) is 1.42. The Balaban J connectivity index is 4.27. The van der Waals surface area contributed by atoms with Crippen molar-refractivity contribution in [1.29, 1.82) is 0 Å². The molecule has 7 nitrogen and oxygen atoms in total. The van der Waals surface area contributed by atoms with Crippen LogP contribution in [0.5, 0.6) is 0 Å². The van der Waals surface area contributed by atoms with Gasteiger partial charge in [0.2, 0.25) is 0 Å². The first-order valence-electron chi connectivity index (χ1n) is 6.02. The number of carbonyl (C=O) groups excluding carboxylic acids is 1. The molecule has 7 heteroatoms. The molecule has 0 radical (unpaired) electrons. The number of hydrogen-bond acceptors (Lipinski definition) is 5. The fourth-order valence-corrected chi connectivity index (χ4v) is 1.42. The molecule has 0 aromatic carbocycles. The van der Waals surface area contributed by atoms with Crippen molar-refractivity contribution in [2.75, 3.05) is 33.4 Å². The molecule has 0 saturated carbocycles. The minimum Gasteiger partial charge on any atom is -0.465 e. The minimum absolute atomic E-state index is 0.286. The van der Waals surface area contributed by atoms with E-state index < -0.39 is 5.54 Å². The molecule has 1 N–H and O–H groups in total. The van der Waals surface area contributed by atoms with E-state index in [0.717, 1.165) is 0 Å². The van der Waals surface area contributed by atoms with Gasteiger partial charge in [-0.2, -0.15) is 0 Å². The van der Waals surface area contributed by atoms with E-state index in [9.17, 15) is 4.79 Å². The van der Waals surface area contributed by atoms with Crippen LogP contribution in [0.15, 0.2) is 5.11 Å². The highest BCUT2D eigenvalue weighted by Crippen LogP contribution is 2.12. The van der Waals surface area contributed by atoms with Crippen molar-refractivity contribution >= 4 is 5.97 Å². The first kappa shape index (κ1) is 16.7. The Hall–Kier alpha value is -1.30. The molecular formula is C11H22N4O3. The fraction of sp³-hybridized carbons (Fsp3) is 0.909. The van der Waals surface area contributed by atoms with Crippen LogP contribution in [-0.4, -0.2) is 44.9 Å². The lowest BCUT2D eigenvalue weighted by Gasteiger charge is -2.28. The lowest BCUT2D eigenvalue weighted by atomic mass is 9.98. The van der Waals surface area contributed by atoms with Crippen molar-refractivity contribution in [3.05, 3.63) is 10.4 Å². The quantitative estimate of drug-likeness (QED) is 0.212. The summed E-state index contributed by atoms with van der Waals surface area (Å²) in [5, 5.41) is 6.57. The maximum absolute atomic E-state index is 11.9. The summed E-state index contributed by atoms with van der Waals surface area (Å²) in [6.45, 7) is 5.37. The van der Waals surface area contributed by atoms with E-state index >= 15 is 0 Å². The zero-order valence-electron chi connectivity index (χ0n) is 11.3. The third-order valence-corrected chi connectivity index (χ3v) is 2.55. The van der Waals surface area contributed by atoms with Crippen LogP contribution in [0.2, 0.25) is 0 Å². The maximum Gasteiger partial charge on any atom is 0.326 e. The van der Waals surface area contributed by atoms with Gasteiger partial charge >= 0.3 is 5.97 Å². The molecule has 0 fully saturated rings. The predicted octanol–water partition coefficient (Wildman–Crippen LogP) is 1.63. The summed E-state index contributed by atoms with van der Waals surface area (Å²) in [6, 6.07) is 0. The molecule has 0 aliphatic carbocycles.